The Balaban J connectivity index is 1.48. The van der Waals surface area contributed by atoms with E-state index in [0.717, 1.165) is 36.6 Å². The summed E-state index contributed by atoms with van der Waals surface area (Å²) in [5.74, 6) is 0.297. The second-order valence-electron chi connectivity index (χ2n) is 9.13. The lowest BCUT2D eigenvalue weighted by atomic mass is 9.97. The van der Waals surface area contributed by atoms with Crippen LogP contribution in [0.4, 0.5) is 5.69 Å². The number of nitrogens with zero attached hydrogens (tertiary/aromatic N) is 1. The molecule has 1 fully saturated rings. The number of unbranched alkanes of at least 4 members (excludes halogenated alkanes) is 2. The van der Waals surface area contributed by atoms with E-state index in [9.17, 15) is 13.2 Å². The van der Waals surface area contributed by atoms with Gasteiger partial charge in [-0.1, -0.05) is 68.1 Å². The van der Waals surface area contributed by atoms with E-state index in [1.807, 2.05) is 24.3 Å². The molecule has 4 rings (SSSR count). The van der Waals surface area contributed by atoms with Crippen molar-refractivity contribution in [2.45, 2.75) is 50.3 Å². The highest BCUT2D eigenvalue weighted by atomic mass is 35.5. The number of amides is 1. The zero-order valence-corrected chi connectivity index (χ0v) is 21.5. The van der Waals surface area contributed by atoms with Gasteiger partial charge >= 0.3 is 0 Å². The molecule has 0 aliphatic carbocycles. The zero-order chi connectivity index (χ0) is 24.8. The highest BCUT2D eigenvalue weighted by Crippen LogP contribution is 2.26. The molecule has 6 nitrogen and oxygen atoms in total. The number of hydrogen-bond acceptors (Lipinski definition) is 4. The minimum atomic E-state index is -3.84. The standard InChI is InChI=1S/C27H32ClN3O3S/c1-2-3-4-8-20-9-7-16-31(29-19-20)27(32)25-18-23(13-15-26(25)28)30-35(33,34)24-14-12-21-10-5-6-11-22(21)17-24/h5-6,10-15,17-18,20,29-30H,2-4,7-9,16,19H2,1H3. The number of rotatable bonds is 8. The summed E-state index contributed by atoms with van der Waals surface area (Å²) in [7, 11) is -3.84. The Morgan fingerprint density at radius 3 is 2.69 bits per heavy atom. The third kappa shape index (κ3) is 6.34. The van der Waals surface area contributed by atoms with Gasteiger partial charge in [0.15, 0.2) is 0 Å². The van der Waals surface area contributed by atoms with Crippen molar-refractivity contribution in [1.29, 1.82) is 0 Å². The molecule has 1 unspecified atom stereocenters. The first-order valence-electron chi connectivity index (χ1n) is 12.2. The molecule has 1 heterocycles. The predicted octanol–water partition coefficient (Wildman–Crippen LogP) is 6.23. The fraction of sp³-hybridized carbons (Fsp3) is 0.370. The number of nitrogens with one attached hydrogen (secondary N) is 2. The van der Waals surface area contributed by atoms with Gasteiger partial charge in [-0.15, -0.1) is 0 Å². The second kappa shape index (κ2) is 11.4. The Kier molecular flexibility index (Phi) is 8.31. The molecule has 1 aliphatic rings. The summed E-state index contributed by atoms with van der Waals surface area (Å²) in [4.78, 5) is 13.4. The van der Waals surface area contributed by atoms with Gasteiger partial charge in [0.1, 0.15) is 0 Å². The molecule has 8 heteroatoms. The number of hydrogen-bond donors (Lipinski definition) is 2. The van der Waals surface area contributed by atoms with E-state index >= 15 is 0 Å². The maximum atomic E-state index is 13.3. The van der Waals surface area contributed by atoms with E-state index in [1.165, 1.54) is 25.3 Å². The fourth-order valence-corrected chi connectivity index (χ4v) is 5.79. The first-order chi connectivity index (χ1) is 16.9. The molecule has 35 heavy (non-hydrogen) atoms. The topological polar surface area (TPSA) is 78.5 Å². The molecule has 2 N–H and O–H groups in total. The number of benzene rings is 3. The molecule has 1 aliphatic heterocycles. The van der Waals surface area contributed by atoms with Gasteiger partial charge in [0.05, 0.1) is 15.5 Å². The van der Waals surface area contributed by atoms with Crippen LogP contribution < -0.4 is 10.1 Å². The number of carbonyl (C=O) groups excluding carboxylic acids is 1. The minimum Gasteiger partial charge on any atom is -0.280 e. The molecule has 3 aromatic carbocycles. The molecule has 186 valence electrons. The molecule has 1 saturated heterocycles. The fourth-order valence-electron chi connectivity index (χ4n) is 4.51. The summed E-state index contributed by atoms with van der Waals surface area (Å²) in [6.07, 6.45) is 6.81. The van der Waals surface area contributed by atoms with E-state index in [-0.39, 0.29) is 27.1 Å². The van der Waals surface area contributed by atoms with Crippen molar-refractivity contribution < 1.29 is 13.2 Å². The molecule has 0 bridgehead atoms. The third-order valence-corrected chi connectivity index (χ3v) is 8.21. The second-order valence-corrected chi connectivity index (χ2v) is 11.2. The van der Waals surface area contributed by atoms with Crippen LogP contribution in [0.5, 0.6) is 0 Å². The molecule has 1 atom stereocenters. The smallest absolute Gasteiger partial charge is 0.269 e. The molecule has 0 radical (unpaired) electrons. The Morgan fingerprint density at radius 1 is 1.09 bits per heavy atom. The number of anilines is 1. The molecular formula is C27H32ClN3O3S. The average Bonchev–Trinajstić information content (AvgIpc) is 3.10. The van der Waals surface area contributed by atoms with Crippen molar-refractivity contribution in [2.24, 2.45) is 5.92 Å². The van der Waals surface area contributed by atoms with Gasteiger partial charge in [0.2, 0.25) is 0 Å². The van der Waals surface area contributed by atoms with Crippen LogP contribution in [0.25, 0.3) is 10.8 Å². The van der Waals surface area contributed by atoms with Crippen LogP contribution in [-0.4, -0.2) is 32.4 Å². The molecule has 3 aromatic rings. The van der Waals surface area contributed by atoms with E-state index in [0.29, 0.717) is 12.5 Å². The van der Waals surface area contributed by atoms with Crippen LogP contribution in [0, 0.1) is 5.92 Å². The van der Waals surface area contributed by atoms with E-state index in [4.69, 9.17) is 11.6 Å². The zero-order valence-electron chi connectivity index (χ0n) is 20.0. The lowest BCUT2D eigenvalue weighted by Gasteiger charge is -2.23. The van der Waals surface area contributed by atoms with Crippen molar-refractivity contribution >= 4 is 44.0 Å². The van der Waals surface area contributed by atoms with Gasteiger partial charge in [-0.3, -0.25) is 14.5 Å². The van der Waals surface area contributed by atoms with Gasteiger partial charge in [-0.05, 0) is 66.3 Å². The van der Waals surface area contributed by atoms with Crippen LogP contribution in [0.3, 0.4) is 0 Å². The monoisotopic (exact) mass is 513 g/mol. The van der Waals surface area contributed by atoms with Crippen molar-refractivity contribution in [3.05, 3.63) is 71.2 Å². The van der Waals surface area contributed by atoms with Crippen LogP contribution in [0.2, 0.25) is 5.02 Å². The first-order valence-corrected chi connectivity index (χ1v) is 14.1. The minimum absolute atomic E-state index is 0.155. The summed E-state index contributed by atoms with van der Waals surface area (Å²) < 4.78 is 28.7. The number of fused-ring (bicyclic) bond motifs is 1. The summed E-state index contributed by atoms with van der Waals surface area (Å²) in [6.45, 7) is 3.54. The maximum absolute atomic E-state index is 13.3. The van der Waals surface area contributed by atoms with Crippen LogP contribution in [0.1, 0.15) is 55.8 Å². The van der Waals surface area contributed by atoms with Crippen LogP contribution in [0.15, 0.2) is 65.6 Å². The van der Waals surface area contributed by atoms with Gasteiger partial charge in [-0.25, -0.2) is 13.8 Å². The first kappa shape index (κ1) is 25.5. The van der Waals surface area contributed by atoms with Crippen molar-refractivity contribution in [1.82, 2.24) is 10.4 Å². The average molecular weight is 514 g/mol. The van der Waals surface area contributed by atoms with Gasteiger partial charge in [0.25, 0.3) is 15.9 Å². The van der Waals surface area contributed by atoms with Crippen LogP contribution >= 0.6 is 11.6 Å². The normalized spacial score (nSPS) is 16.7. The number of carbonyl (C=O) groups is 1. The van der Waals surface area contributed by atoms with E-state index < -0.39 is 10.0 Å². The molecule has 0 spiro atoms. The van der Waals surface area contributed by atoms with Crippen molar-refractivity contribution in [3.8, 4) is 0 Å². The highest BCUT2D eigenvalue weighted by molar-refractivity contribution is 7.92. The Morgan fingerprint density at radius 2 is 1.89 bits per heavy atom. The molecular weight excluding hydrogens is 482 g/mol. The molecule has 0 aromatic heterocycles. The molecule has 1 amide bonds. The van der Waals surface area contributed by atoms with E-state index in [1.54, 1.807) is 35.3 Å². The quantitative estimate of drug-likeness (QED) is 0.350. The SMILES string of the molecule is CCCCCC1CCCN(C(=O)c2cc(NS(=O)(=O)c3ccc4ccccc4c3)ccc2Cl)NC1. The van der Waals surface area contributed by atoms with E-state index in [2.05, 4.69) is 17.1 Å². The summed E-state index contributed by atoms with van der Waals surface area (Å²) in [5, 5.41) is 3.70. The predicted molar refractivity (Wildman–Crippen MR) is 142 cm³/mol. The summed E-state index contributed by atoms with van der Waals surface area (Å²) in [6, 6.07) is 17.2. The molecule has 0 saturated carbocycles. The Labute approximate surface area is 212 Å². The van der Waals surface area contributed by atoms with Crippen LogP contribution in [-0.2, 0) is 10.0 Å². The van der Waals surface area contributed by atoms with Crippen molar-refractivity contribution in [3.63, 3.8) is 0 Å². The summed E-state index contributed by atoms with van der Waals surface area (Å²) in [5.41, 5.74) is 3.84. The lowest BCUT2D eigenvalue weighted by molar-refractivity contribution is 0.0669. The Bertz CT molecular complexity index is 1300. The number of sulfonamides is 1. The largest absolute Gasteiger partial charge is 0.280 e. The van der Waals surface area contributed by atoms with Crippen molar-refractivity contribution in [2.75, 3.05) is 17.8 Å². The summed E-state index contributed by atoms with van der Waals surface area (Å²) >= 11 is 6.37. The van der Waals surface area contributed by atoms with Gasteiger partial charge < -0.3 is 0 Å². The lowest BCUT2D eigenvalue weighted by Crippen LogP contribution is -2.43. The third-order valence-electron chi connectivity index (χ3n) is 6.51. The number of hydrazine groups is 1. The van der Waals surface area contributed by atoms with Gasteiger partial charge in [-0.2, -0.15) is 0 Å². The van der Waals surface area contributed by atoms with Gasteiger partial charge in [0, 0.05) is 18.8 Å². The highest BCUT2D eigenvalue weighted by Gasteiger charge is 2.24. The number of halogens is 1. The Hall–Kier alpha value is -2.61. The maximum Gasteiger partial charge on any atom is 0.269 e.